The molecular formula is C11H16N4O. The Balaban J connectivity index is 2.37. The molecular weight excluding hydrogens is 204 g/mol. The van der Waals surface area contributed by atoms with Gasteiger partial charge in [-0.1, -0.05) is 18.2 Å². The van der Waals surface area contributed by atoms with E-state index in [-0.39, 0.29) is 5.91 Å². The number of anilines is 1. The van der Waals surface area contributed by atoms with Crippen LogP contribution in [0.25, 0.3) is 0 Å². The Hall–Kier alpha value is -2.04. The molecule has 0 radical (unpaired) electrons. The van der Waals surface area contributed by atoms with Crippen LogP contribution in [0.3, 0.4) is 0 Å². The van der Waals surface area contributed by atoms with Crippen molar-refractivity contribution in [3.63, 3.8) is 0 Å². The van der Waals surface area contributed by atoms with Gasteiger partial charge in [0.1, 0.15) is 0 Å². The average Bonchev–Trinajstić information content (AvgIpc) is 2.30. The maximum Gasteiger partial charge on any atom is 0.221 e. The van der Waals surface area contributed by atoms with E-state index >= 15 is 0 Å². The molecule has 0 unspecified atom stereocenters. The number of hydrogen-bond donors (Lipinski definition) is 3. The van der Waals surface area contributed by atoms with Crippen LogP contribution >= 0.6 is 0 Å². The summed E-state index contributed by atoms with van der Waals surface area (Å²) in [6.07, 6.45) is 0.341. The lowest BCUT2D eigenvalue weighted by molar-refractivity contribution is -0.120. The lowest BCUT2D eigenvalue weighted by Crippen LogP contribution is -2.24. The van der Waals surface area contributed by atoms with Crippen LogP contribution in [0.4, 0.5) is 5.69 Å². The highest BCUT2D eigenvalue weighted by molar-refractivity contribution is 5.92. The number of guanidine groups is 1. The first-order chi connectivity index (χ1) is 7.72. The SMILES string of the molecule is CNC(=O)CCN=C(N)Nc1ccccc1. The zero-order valence-electron chi connectivity index (χ0n) is 9.23. The van der Waals surface area contributed by atoms with Crippen LogP contribution in [-0.4, -0.2) is 25.5 Å². The fourth-order valence-corrected chi connectivity index (χ4v) is 1.11. The van der Waals surface area contributed by atoms with Gasteiger partial charge in [0.2, 0.25) is 5.91 Å². The number of nitrogens with one attached hydrogen (secondary N) is 2. The number of aliphatic imine (C=N–C) groups is 1. The molecule has 4 N–H and O–H groups in total. The minimum Gasteiger partial charge on any atom is -0.370 e. The Morgan fingerprint density at radius 1 is 1.38 bits per heavy atom. The zero-order valence-corrected chi connectivity index (χ0v) is 9.23. The summed E-state index contributed by atoms with van der Waals surface area (Å²) in [5, 5.41) is 5.45. The number of carbonyl (C=O) groups is 1. The molecule has 0 bridgehead atoms. The minimum atomic E-state index is -0.0451. The van der Waals surface area contributed by atoms with Crippen molar-refractivity contribution in [2.75, 3.05) is 18.9 Å². The summed E-state index contributed by atoms with van der Waals surface area (Å²) in [5.41, 5.74) is 6.52. The lowest BCUT2D eigenvalue weighted by Gasteiger charge is -2.04. The molecule has 1 aromatic rings. The van der Waals surface area contributed by atoms with Crippen molar-refractivity contribution >= 4 is 17.6 Å². The van der Waals surface area contributed by atoms with Crippen LogP contribution in [0.2, 0.25) is 0 Å². The van der Waals surface area contributed by atoms with Crippen LogP contribution < -0.4 is 16.4 Å². The molecule has 1 aromatic carbocycles. The van der Waals surface area contributed by atoms with E-state index in [0.717, 1.165) is 5.69 Å². The molecule has 0 aliphatic rings. The van der Waals surface area contributed by atoms with Gasteiger partial charge in [-0.2, -0.15) is 0 Å². The summed E-state index contributed by atoms with van der Waals surface area (Å²) in [4.78, 5) is 14.9. The number of amides is 1. The van der Waals surface area contributed by atoms with Gasteiger partial charge in [-0.3, -0.25) is 9.79 Å². The van der Waals surface area contributed by atoms with Gasteiger partial charge in [0.05, 0.1) is 6.54 Å². The number of para-hydroxylation sites is 1. The Kier molecular flexibility index (Phi) is 4.85. The van der Waals surface area contributed by atoms with Gasteiger partial charge >= 0.3 is 0 Å². The predicted octanol–water partition coefficient (Wildman–Crippen LogP) is 0.549. The minimum absolute atomic E-state index is 0.0451. The van der Waals surface area contributed by atoms with Crippen LogP contribution in [0, 0.1) is 0 Å². The van der Waals surface area contributed by atoms with Gasteiger partial charge in [-0.05, 0) is 12.1 Å². The number of benzene rings is 1. The third-order valence-electron chi connectivity index (χ3n) is 1.95. The molecule has 0 aliphatic heterocycles. The van der Waals surface area contributed by atoms with Crippen molar-refractivity contribution < 1.29 is 4.79 Å². The van der Waals surface area contributed by atoms with E-state index in [9.17, 15) is 4.79 Å². The first-order valence-electron chi connectivity index (χ1n) is 5.05. The fraction of sp³-hybridized carbons (Fsp3) is 0.273. The van der Waals surface area contributed by atoms with E-state index in [1.54, 1.807) is 7.05 Å². The second-order valence-corrected chi connectivity index (χ2v) is 3.18. The van der Waals surface area contributed by atoms with Gasteiger partial charge in [0.25, 0.3) is 0 Å². The van der Waals surface area contributed by atoms with Crippen molar-refractivity contribution in [2.45, 2.75) is 6.42 Å². The van der Waals surface area contributed by atoms with Gasteiger partial charge in [-0.25, -0.2) is 0 Å². The second-order valence-electron chi connectivity index (χ2n) is 3.18. The lowest BCUT2D eigenvalue weighted by atomic mass is 10.3. The molecule has 86 valence electrons. The Morgan fingerprint density at radius 2 is 2.06 bits per heavy atom. The fourth-order valence-electron chi connectivity index (χ4n) is 1.11. The average molecular weight is 220 g/mol. The van der Waals surface area contributed by atoms with Gasteiger partial charge in [0, 0.05) is 19.2 Å². The van der Waals surface area contributed by atoms with E-state index in [1.165, 1.54) is 0 Å². The Labute approximate surface area is 94.8 Å². The van der Waals surface area contributed by atoms with Crippen molar-refractivity contribution in [3.05, 3.63) is 30.3 Å². The molecule has 0 fully saturated rings. The molecule has 0 aromatic heterocycles. The first kappa shape index (κ1) is 12.0. The molecule has 0 spiro atoms. The van der Waals surface area contributed by atoms with E-state index in [0.29, 0.717) is 18.9 Å². The number of carbonyl (C=O) groups excluding carboxylic acids is 1. The Bertz CT molecular complexity index is 362. The monoisotopic (exact) mass is 220 g/mol. The molecule has 0 saturated carbocycles. The third kappa shape index (κ3) is 4.45. The standard InChI is InChI=1S/C11H16N4O/c1-13-10(16)7-8-14-11(12)15-9-5-3-2-4-6-9/h2-6H,7-8H2,1H3,(H,13,16)(H3,12,14,15). The highest BCUT2D eigenvalue weighted by Gasteiger charge is 1.97. The largest absolute Gasteiger partial charge is 0.370 e. The second kappa shape index (κ2) is 6.44. The molecule has 16 heavy (non-hydrogen) atoms. The summed E-state index contributed by atoms with van der Waals surface area (Å²) in [6.45, 7) is 0.380. The third-order valence-corrected chi connectivity index (χ3v) is 1.95. The van der Waals surface area contributed by atoms with Crippen LogP contribution in [0.15, 0.2) is 35.3 Å². The van der Waals surface area contributed by atoms with Gasteiger partial charge < -0.3 is 16.4 Å². The molecule has 5 nitrogen and oxygen atoms in total. The van der Waals surface area contributed by atoms with Gasteiger partial charge in [0.15, 0.2) is 5.96 Å². The Morgan fingerprint density at radius 3 is 2.69 bits per heavy atom. The van der Waals surface area contributed by atoms with Crippen molar-refractivity contribution in [1.29, 1.82) is 0 Å². The molecule has 1 rings (SSSR count). The summed E-state index contributed by atoms with van der Waals surface area (Å²) in [7, 11) is 1.59. The first-order valence-corrected chi connectivity index (χ1v) is 5.05. The number of nitrogens with zero attached hydrogens (tertiary/aromatic N) is 1. The highest BCUT2D eigenvalue weighted by atomic mass is 16.1. The normalized spacial score (nSPS) is 10.9. The van der Waals surface area contributed by atoms with E-state index in [4.69, 9.17) is 5.73 Å². The predicted molar refractivity (Wildman–Crippen MR) is 65.2 cm³/mol. The molecule has 1 amide bonds. The summed E-state index contributed by atoms with van der Waals surface area (Å²) in [5.74, 6) is 0.270. The van der Waals surface area contributed by atoms with E-state index in [2.05, 4.69) is 15.6 Å². The van der Waals surface area contributed by atoms with Crippen molar-refractivity contribution in [3.8, 4) is 0 Å². The summed E-state index contributed by atoms with van der Waals surface area (Å²) in [6, 6.07) is 9.51. The molecule has 0 aliphatic carbocycles. The van der Waals surface area contributed by atoms with E-state index in [1.807, 2.05) is 30.3 Å². The van der Waals surface area contributed by atoms with Crippen molar-refractivity contribution in [2.24, 2.45) is 10.7 Å². The van der Waals surface area contributed by atoms with Crippen molar-refractivity contribution in [1.82, 2.24) is 5.32 Å². The number of rotatable bonds is 4. The molecule has 0 saturated heterocycles. The van der Waals surface area contributed by atoms with E-state index < -0.39 is 0 Å². The number of hydrogen-bond acceptors (Lipinski definition) is 2. The van der Waals surface area contributed by atoms with Crippen LogP contribution in [0.5, 0.6) is 0 Å². The van der Waals surface area contributed by atoms with Crippen LogP contribution in [-0.2, 0) is 4.79 Å². The maximum atomic E-state index is 10.9. The highest BCUT2D eigenvalue weighted by Crippen LogP contribution is 2.03. The molecule has 0 heterocycles. The van der Waals surface area contributed by atoms with Crippen LogP contribution in [0.1, 0.15) is 6.42 Å². The molecule has 5 heteroatoms. The summed E-state index contributed by atoms with van der Waals surface area (Å²) < 4.78 is 0. The summed E-state index contributed by atoms with van der Waals surface area (Å²) >= 11 is 0. The quantitative estimate of drug-likeness (QED) is 0.512. The topological polar surface area (TPSA) is 79.5 Å². The zero-order chi connectivity index (χ0) is 11.8. The number of nitrogens with two attached hydrogens (primary N) is 1. The van der Waals surface area contributed by atoms with Gasteiger partial charge in [-0.15, -0.1) is 0 Å². The smallest absolute Gasteiger partial charge is 0.221 e. The maximum absolute atomic E-state index is 10.9. The molecule has 0 atom stereocenters.